The summed E-state index contributed by atoms with van der Waals surface area (Å²) in [6.45, 7) is 1.89. The van der Waals surface area contributed by atoms with E-state index in [1.807, 2.05) is 6.92 Å². The summed E-state index contributed by atoms with van der Waals surface area (Å²) >= 11 is 0. The van der Waals surface area contributed by atoms with Crippen molar-refractivity contribution in [2.75, 3.05) is 0 Å². The normalized spacial score (nSPS) is 22.1. The first-order chi connectivity index (χ1) is 10.1. The summed E-state index contributed by atoms with van der Waals surface area (Å²) in [6, 6.07) is 0. The highest BCUT2D eigenvalue weighted by atomic mass is 16.5. The molecule has 0 aliphatic heterocycles. The third kappa shape index (κ3) is 2.76. The first kappa shape index (κ1) is 13.7. The zero-order valence-corrected chi connectivity index (χ0v) is 11.7. The zero-order chi connectivity index (χ0) is 14.8. The number of carbonyl (C=O) groups is 1. The molecule has 7 nitrogen and oxygen atoms in total. The molecule has 7 heteroatoms. The number of aliphatic carboxylic acids is 1. The monoisotopic (exact) mass is 288 g/mol. The van der Waals surface area contributed by atoms with Gasteiger partial charge in [0.1, 0.15) is 0 Å². The molecule has 0 radical (unpaired) electrons. The van der Waals surface area contributed by atoms with Crippen LogP contribution in [0.1, 0.15) is 43.1 Å². The second kappa shape index (κ2) is 5.59. The maximum atomic E-state index is 11.3. The van der Waals surface area contributed by atoms with Crippen LogP contribution in [-0.2, 0) is 4.79 Å². The minimum Gasteiger partial charge on any atom is -0.481 e. The van der Waals surface area contributed by atoms with E-state index in [4.69, 9.17) is 4.52 Å². The van der Waals surface area contributed by atoms with E-state index < -0.39 is 11.9 Å². The number of aromatic nitrogens is 4. The summed E-state index contributed by atoms with van der Waals surface area (Å²) in [6.07, 6.45) is 6.67. The summed E-state index contributed by atoms with van der Waals surface area (Å²) < 4.78 is 5.26. The molecule has 0 aromatic carbocycles. The molecule has 0 bridgehead atoms. The first-order valence-electron chi connectivity index (χ1n) is 7.00. The average molecular weight is 288 g/mol. The average Bonchev–Trinajstić information content (AvgIpc) is 2.97. The Morgan fingerprint density at radius 3 is 2.67 bits per heavy atom. The van der Waals surface area contributed by atoms with Gasteiger partial charge in [0.2, 0.25) is 17.5 Å². The summed E-state index contributed by atoms with van der Waals surface area (Å²) in [5.74, 6) is -0.403. The molecule has 1 fully saturated rings. The quantitative estimate of drug-likeness (QED) is 0.923. The molecule has 2 atom stereocenters. The fourth-order valence-corrected chi connectivity index (χ4v) is 2.71. The topological polar surface area (TPSA) is 102 Å². The van der Waals surface area contributed by atoms with Crippen LogP contribution >= 0.6 is 0 Å². The second-order valence-electron chi connectivity index (χ2n) is 5.38. The lowest BCUT2D eigenvalue weighted by molar-refractivity contribution is -0.143. The first-order valence-corrected chi connectivity index (χ1v) is 7.00. The molecule has 2 aromatic rings. The fraction of sp³-hybridized carbons (Fsp3) is 0.500. The molecule has 2 aromatic heterocycles. The van der Waals surface area contributed by atoms with E-state index in [1.54, 1.807) is 12.4 Å². The van der Waals surface area contributed by atoms with Crippen LogP contribution in [0.3, 0.4) is 0 Å². The maximum Gasteiger partial charge on any atom is 0.307 e. The van der Waals surface area contributed by atoms with Gasteiger partial charge in [-0.25, -0.2) is 9.97 Å². The van der Waals surface area contributed by atoms with Gasteiger partial charge in [-0.1, -0.05) is 18.0 Å². The summed E-state index contributed by atoms with van der Waals surface area (Å²) in [5.41, 5.74) is 0.945. The fourth-order valence-electron chi connectivity index (χ4n) is 2.71. The lowest BCUT2D eigenvalue weighted by Gasteiger charge is -2.25. The standard InChI is InChI=1S/C14H16N4O3/c1-8-6-15-11(16-7-8)12-17-13(21-18-12)9-4-2-3-5-10(9)14(19)20/h6-7,9-10H,2-5H2,1H3,(H,19,20). The van der Waals surface area contributed by atoms with Gasteiger partial charge < -0.3 is 9.63 Å². The van der Waals surface area contributed by atoms with Crippen molar-refractivity contribution in [1.29, 1.82) is 0 Å². The maximum absolute atomic E-state index is 11.3. The molecule has 1 aliphatic carbocycles. The molecule has 1 saturated carbocycles. The zero-order valence-electron chi connectivity index (χ0n) is 11.7. The van der Waals surface area contributed by atoms with Crippen molar-refractivity contribution < 1.29 is 14.4 Å². The Balaban J connectivity index is 1.86. The molecule has 0 spiro atoms. The minimum absolute atomic E-state index is 0.219. The summed E-state index contributed by atoms with van der Waals surface area (Å²) in [7, 11) is 0. The smallest absolute Gasteiger partial charge is 0.307 e. The highest BCUT2D eigenvalue weighted by Crippen LogP contribution is 2.37. The predicted octanol–water partition coefficient (Wildman–Crippen LogP) is 2.19. The number of rotatable bonds is 3. The molecular formula is C14H16N4O3. The van der Waals surface area contributed by atoms with E-state index in [1.165, 1.54) is 0 Å². The molecule has 3 rings (SSSR count). The van der Waals surface area contributed by atoms with Crippen LogP contribution in [0.15, 0.2) is 16.9 Å². The molecular weight excluding hydrogens is 272 g/mol. The Kier molecular flexibility index (Phi) is 3.64. The van der Waals surface area contributed by atoms with Gasteiger partial charge in [0, 0.05) is 12.4 Å². The van der Waals surface area contributed by atoms with Crippen molar-refractivity contribution in [3.05, 3.63) is 23.8 Å². The third-order valence-corrected chi connectivity index (χ3v) is 3.82. The molecule has 1 N–H and O–H groups in total. The number of nitrogens with zero attached hydrogens (tertiary/aromatic N) is 4. The highest BCUT2D eigenvalue weighted by molar-refractivity contribution is 5.71. The largest absolute Gasteiger partial charge is 0.481 e. The van der Waals surface area contributed by atoms with Crippen molar-refractivity contribution in [1.82, 2.24) is 20.1 Å². The van der Waals surface area contributed by atoms with Crippen molar-refractivity contribution in [3.63, 3.8) is 0 Å². The van der Waals surface area contributed by atoms with Gasteiger partial charge in [0.05, 0.1) is 11.8 Å². The molecule has 21 heavy (non-hydrogen) atoms. The van der Waals surface area contributed by atoms with E-state index in [-0.39, 0.29) is 5.92 Å². The summed E-state index contributed by atoms with van der Waals surface area (Å²) in [5, 5.41) is 13.2. The van der Waals surface area contributed by atoms with Crippen molar-refractivity contribution in [2.24, 2.45) is 5.92 Å². The van der Waals surface area contributed by atoms with Crippen molar-refractivity contribution >= 4 is 5.97 Å². The van der Waals surface area contributed by atoms with E-state index in [0.717, 1.165) is 24.8 Å². The lowest BCUT2D eigenvalue weighted by atomic mass is 9.79. The Morgan fingerprint density at radius 2 is 1.95 bits per heavy atom. The predicted molar refractivity (Wildman–Crippen MR) is 72.4 cm³/mol. The van der Waals surface area contributed by atoms with E-state index in [0.29, 0.717) is 24.0 Å². The second-order valence-corrected chi connectivity index (χ2v) is 5.38. The molecule has 2 unspecified atom stereocenters. The van der Waals surface area contributed by atoms with Gasteiger partial charge in [-0.2, -0.15) is 4.98 Å². The molecule has 110 valence electrons. The van der Waals surface area contributed by atoms with Gasteiger partial charge in [0.15, 0.2) is 0 Å². The van der Waals surface area contributed by atoms with Crippen LogP contribution in [0.25, 0.3) is 11.6 Å². The molecule has 0 amide bonds. The Morgan fingerprint density at radius 1 is 1.24 bits per heavy atom. The number of carboxylic acid groups (broad SMARTS) is 1. The Bertz CT molecular complexity index is 638. The van der Waals surface area contributed by atoms with Crippen molar-refractivity contribution in [2.45, 2.75) is 38.5 Å². The van der Waals surface area contributed by atoms with Crippen molar-refractivity contribution in [3.8, 4) is 11.6 Å². The third-order valence-electron chi connectivity index (χ3n) is 3.82. The summed E-state index contributed by atoms with van der Waals surface area (Å²) in [4.78, 5) is 23.9. The highest BCUT2D eigenvalue weighted by Gasteiger charge is 2.35. The minimum atomic E-state index is -0.800. The van der Waals surface area contributed by atoms with Crippen LogP contribution in [-0.4, -0.2) is 31.2 Å². The molecule has 0 saturated heterocycles. The van der Waals surface area contributed by atoms with Gasteiger partial charge in [-0.3, -0.25) is 4.79 Å². The van der Waals surface area contributed by atoms with E-state index in [2.05, 4.69) is 20.1 Å². The number of hydrogen-bond donors (Lipinski definition) is 1. The van der Waals surface area contributed by atoms with Gasteiger partial charge in [-0.05, 0) is 25.3 Å². The van der Waals surface area contributed by atoms with Gasteiger partial charge in [0.25, 0.3) is 0 Å². The van der Waals surface area contributed by atoms with Crippen LogP contribution < -0.4 is 0 Å². The molecule has 2 heterocycles. The van der Waals surface area contributed by atoms with Crippen LogP contribution in [0.2, 0.25) is 0 Å². The number of carboxylic acids is 1. The number of hydrogen-bond acceptors (Lipinski definition) is 6. The number of aryl methyl sites for hydroxylation is 1. The van der Waals surface area contributed by atoms with Crippen LogP contribution in [0, 0.1) is 12.8 Å². The van der Waals surface area contributed by atoms with Crippen LogP contribution in [0.4, 0.5) is 0 Å². The van der Waals surface area contributed by atoms with Gasteiger partial charge in [-0.15, -0.1) is 0 Å². The van der Waals surface area contributed by atoms with Crippen LogP contribution in [0.5, 0.6) is 0 Å². The van der Waals surface area contributed by atoms with Gasteiger partial charge >= 0.3 is 5.97 Å². The lowest BCUT2D eigenvalue weighted by Crippen LogP contribution is -2.25. The Labute approximate surface area is 121 Å². The SMILES string of the molecule is Cc1cnc(-c2noc(C3CCCCC3C(=O)O)n2)nc1. The molecule has 1 aliphatic rings. The van der Waals surface area contributed by atoms with E-state index in [9.17, 15) is 9.90 Å². The Hall–Kier alpha value is -2.31. The van der Waals surface area contributed by atoms with E-state index >= 15 is 0 Å².